The predicted molar refractivity (Wildman–Crippen MR) is 90.2 cm³/mol. The molecule has 1 unspecified atom stereocenters. The zero-order chi connectivity index (χ0) is 16.0. The Morgan fingerprint density at radius 1 is 1.35 bits per heavy atom. The molecule has 2 bridgehead atoms. The van der Waals surface area contributed by atoms with Crippen LogP contribution in [0.2, 0.25) is 0 Å². The van der Waals surface area contributed by atoms with Crippen molar-refractivity contribution < 1.29 is 10.2 Å². The number of fused-ring (bicyclic) bond motifs is 4. The van der Waals surface area contributed by atoms with Crippen LogP contribution >= 0.6 is 0 Å². The molecule has 0 aliphatic carbocycles. The number of piperidine rings is 3. The Kier molecular flexibility index (Phi) is 3.74. The van der Waals surface area contributed by atoms with Crippen molar-refractivity contribution in [1.29, 1.82) is 0 Å². The molecule has 2 N–H and O–H groups in total. The molecule has 3 saturated heterocycles. The first kappa shape index (κ1) is 14.9. The third-order valence-electron chi connectivity index (χ3n) is 5.90. The minimum atomic E-state index is -0.525. The predicted octanol–water partition coefficient (Wildman–Crippen LogP) is 3.09. The maximum atomic E-state index is 11.1. The van der Waals surface area contributed by atoms with E-state index in [2.05, 4.69) is 16.8 Å². The molecule has 1 aromatic carbocycles. The Labute approximate surface area is 136 Å². The summed E-state index contributed by atoms with van der Waals surface area (Å²) in [5.74, 6) is 1.74. The number of aliphatic hydroxyl groups excluding tert-OH is 1. The van der Waals surface area contributed by atoms with E-state index in [9.17, 15) is 10.2 Å². The van der Waals surface area contributed by atoms with Crippen LogP contribution in [-0.4, -0.2) is 39.2 Å². The molecule has 4 heteroatoms. The molecule has 122 valence electrons. The van der Waals surface area contributed by atoms with E-state index in [0.717, 1.165) is 47.8 Å². The SMILES string of the molecule is CC[C@@H]1CN2CC[C@H]1C[C@H]2[C@@H](O)c1ccnc2ccc(O)cc12. The lowest BCUT2D eigenvalue weighted by molar-refractivity contribution is -0.0562. The van der Waals surface area contributed by atoms with E-state index >= 15 is 0 Å². The van der Waals surface area contributed by atoms with E-state index in [0.29, 0.717) is 0 Å². The van der Waals surface area contributed by atoms with Gasteiger partial charge in [0.15, 0.2) is 0 Å². The van der Waals surface area contributed by atoms with Crippen molar-refractivity contribution in [3.05, 3.63) is 36.0 Å². The van der Waals surface area contributed by atoms with Gasteiger partial charge in [-0.15, -0.1) is 0 Å². The maximum Gasteiger partial charge on any atom is 0.116 e. The number of benzene rings is 1. The van der Waals surface area contributed by atoms with Crippen LogP contribution in [0, 0.1) is 11.8 Å². The Morgan fingerprint density at radius 3 is 2.96 bits per heavy atom. The minimum absolute atomic E-state index is 0.185. The highest BCUT2D eigenvalue weighted by Gasteiger charge is 2.42. The van der Waals surface area contributed by atoms with Crippen molar-refractivity contribution in [3.63, 3.8) is 0 Å². The first-order valence-electron chi connectivity index (χ1n) is 8.67. The van der Waals surface area contributed by atoms with Crippen LogP contribution < -0.4 is 0 Å². The number of rotatable bonds is 3. The molecule has 4 heterocycles. The van der Waals surface area contributed by atoms with Crippen molar-refractivity contribution >= 4 is 10.9 Å². The van der Waals surface area contributed by atoms with Crippen LogP contribution in [0.15, 0.2) is 30.5 Å². The van der Waals surface area contributed by atoms with Gasteiger partial charge >= 0.3 is 0 Å². The summed E-state index contributed by atoms with van der Waals surface area (Å²) in [5.41, 5.74) is 1.71. The summed E-state index contributed by atoms with van der Waals surface area (Å²) >= 11 is 0. The van der Waals surface area contributed by atoms with Crippen LogP contribution in [0.3, 0.4) is 0 Å². The summed E-state index contributed by atoms with van der Waals surface area (Å²) in [6, 6.07) is 7.24. The van der Waals surface area contributed by atoms with Gasteiger partial charge in [-0.2, -0.15) is 0 Å². The first-order chi connectivity index (χ1) is 11.2. The average Bonchev–Trinajstić information content (AvgIpc) is 2.60. The average molecular weight is 312 g/mol. The third kappa shape index (κ3) is 2.50. The number of phenolic OH excluding ortho intramolecular Hbond substituents is 1. The molecule has 1 aromatic heterocycles. The fourth-order valence-electron chi connectivity index (χ4n) is 4.59. The van der Waals surface area contributed by atoms with Gasteiger partial charge in [0, 0.05) is 24.2 Å². The fraction of sp³-hybridized carbons (Fsp3) is 0.526. The lowest BCUT2D eigenvalue weighted by Gasteiger charge is -2.51. The number of aliphatic hydroxyl groups is 1. The smallest absolute Gasteiger partial charge is 0.116 e. The standard InChI is InChI=1S/C19H24N2O2/c1-2-12-11-21-8-6-13(12)9-18(21)19(23)15-5-7-20-17-4-3-14(22)10-16(15)17/h3-5,7,10,12-13,18-19,22-23H,2,6,8-9,11H2,1H3/t12-,13+,18+,19+/m1/s1. The highest BCUT2D eigenvalue weighted by Crippen LogP contribution is 2.42. The van der Waals surface area contributed by atoms with Crippen LogP contribution in [-0.2, 0) is 0 Å². The van der Waals surface area contributed by atoms with Gasteiger partial charge in [0.1, 0.15) is 5.75 Å². The van der Waals surface area contributed by atoms with Crippen molar-refractivity contribution in [3.8, 4) is 5.75 Å². The van der Waals surface area contributed by atoms with Crippen molar-refractivity contribution in [2.45, 2.75) is 38.3 Å². The van der Waals surface area contributed by atoms with E-state index in [1.165, 1.54) is 12.8 Å². The van der Waals surface area contributed by atoms with E-state index in [4.69, 9.17) is 0 Å². The molecule has 5 atom stereocenters. The molecule has 4 nitrogen and oxygen atoms in total. The Bertz CT molecular complexity index is 718. The second-order valence-electron chi connectivity index (χ2n) is 7.06. The molecule has 5 rings (SSSR count). The van der Waals surface area contributed by atoms with Gasteiger partial charge in [0.2, 0.25) is 0 Å². The number of aromatic nitrogens is 1. The van der Waals surface area contributed by atoms with Crippen LogP contribution in [0.5, 0.6) is 5.75 Å². The van der Waals surface area contributed by atoms with E-state index < -0.39 is 6.10 Å². The van der Waals surface area contributed by atoms with Gasteiger partial charge < -0.3 is 10.2 Å². The molecule has 2 aromatic rings. The van der Waals surface area contributed by atoms with Gasteiger partial charge in [-0.25, -0.2) is 0 Å². The molecule has 0 radical (unpaired) electrons. The first-order valence-corrected chi connectivity index (χ1v) is 8.67. The molecule has 0 saturated carbocycles. The van der Waals surface area contributed by atoms with Crippen molar-refractivity contribution in [1.82, 2.24) is 9.88 Å². The normalized spacial score (nSPS) is 31.4. The zero-order valence-corrected chi connectivity index (χ0v) is 13.5. The topological polar surface area (TPSA) is 56.6 Å². The zero-order valence-electron chi connectivity index (χ0n) is 13.5. The monoisotopic (exact) mass is 312 g/mol. The summed E-state index contributed by atoms with van der Waals surface area (Å²) in [6.45, 7) is 4.48. The molecule has 0 spiro atoms. The second-order valence-corrected chi connectivity index (χ2v) is 7.06. The maximum absolute atomic E-state index is 11.1. The number of nitrogens with zero attached hydrogens (tertiary/aromatic N) is 2. The van der Waals surface area contributed by atoms with Crippen LogP contribution in [0.4, 0.5) is 0 Å². The lowest BCUT2D eigenvalue weighted by atomic mass is 9.72. The molecular weight excluding hydrogens is 288 g/mol. The van der Waals surface area contributed by atoms with Gasteiger partial charge in [-0.1, -0.05) is 13.3 Å². The molecule has 3 aliphatic heterocycles. The summed E-state index contributed by atoms with van der Waals surface area (Å²) < 4.78 is 0. The summed E-state index contributed by atoms with van der Waals surface area (Å²) in [7, 11) is 0. The van der Waals surface area contributed by atoms with Gasteiger partial charge in [0.25, 0.3) is 0 Å². The Balaban J connectivity index is 1.68. The van der Waals surface area contributed by atoms with E-state index in [1.807, 2.05) is 6.07 Å². The van der Waals surface area contributed by atoms with E-state index in [-0.39, 0.29) is 11.8 Å². The second kappa shape index (κ2) is 5.77. The van der Waals surface area contributed by atoms with Gasteiger partial charge in [-0.05, 0) is 61.1 Å². The molecule has 3 fully saturated rings. The van der Waals surface area contributed by atoms with Gasteiger partial charge in [0.05, 0.1) is 11.6 Å². The quantitative estimate of drug-likeness (QED) is 0.914. The Morgan fingerprint density at radius 2 is 2.22 bits per heavy atom. The molecule has 3 aliphatic rings. The van der Waals surface area contributed by atoms with Gasteiger partial charge in [-0.3, -0.25) is 9.88 Å². The van der Waals surface area contributed by atoms with Crippen LogP contribution in [0.1, 0.15) is 37.9 Å². The third-order valence-corrected chi connectivity index (χ3v) is 5.90. The molecular formula is C19H24N2O2. The van der Waals surface area contributed by atoms with Crippen molar-refractivity contribution in [2.24, 2.45) is 11.8 Å². The number of pyridine rings is 1. The number of hydrogen-bond donors (Lipinski definition) is 2. The fourth-order valence-corrected chi connectivity index (χ4v) is 4.59. The molecule has 0 amide bonds. The summed E-state index contributed by atoms with van der Waals surface area (Å²) in [4.78, 5) is 6.81. The minimum Gasteiger partial charge on any atom is -0.508 e. The number of aromatic hydroxyl groups is 1. The highest BCUT2D eigenvalue weighted by molar-refractivity contribution is 5.83. The highest BCUT2D eigenvalue weighted by atomic mass is 16.3. The molecule has 23 heavy (non-hydrogen) atoms. The summed E-state index contributed by atoms with van der Waals surface area (Å²) in [5, 5.41) is 21.7. The number of phenols is 1. The summed E-state index contributed by atoms with van der Waals surface area (Å²) in [6.07, 6.45) is 4.80. The van der Waals surface area contributed by atoms with E-state index in [1.54, 1.807) is 24.4 Å². The van der Waals surface area contributed by atoms with Crippen LogP contribution in [0.25, 0.3) is 10.9 Å². The lowest BCUT2D eigenvalue weighted by Crippen LogP contribution is -2.55. The number of hydrogen-bond acceptors (Lipinski definition) is 4. The Hall–Kier alpha value is -1.65. The largest absolute Gasteiger partial charge is 0.508 e. The van der Waals surface area contributed by atoms with Crippen molar-refractivity contribution in [2.75, 3.05) is 13.1 Å².